The van der Waals surface area contributed by atoms with Gasteiger partial charge < -0.3 is 4.74 Å². The van der Waals surface area contributed by atoms with Crippen LogP contribution in [-0.4, -0.2) is 25.5 Å². The van der Waals surface area contributed by atoms with Crippen LogP contribution in [0.25, 0.3) is 0 Å². The molecule has 0 unspecified atom stereocenters. The van der Waals surface area contributed by atoms with Crippen molar-refractivity contribution < 1.29 is 27.4 Å². The second-order valence-electron chi connectivity index (χ2n) is 3.86. The van der Waals surface area contributed by atoms with E-state index in [1.54, 1.807) is 30.3 Å². The van der Waals surface area contributed by atoms with E-state index in [-0.39, 0.29) is 19.6 Å². The van der Waals surface area contributed by atoms with Crippen LogP contribution in [-0.2, 0) is 9.47 Å². The van der Waals surface area contributed by atoms with E-state index in [0.717, 1.165) is 0 Å². The summed E-state index contributed by atoms with van der Waals surface area (Å²) < 4.78 is 43.5. The standard InChI is InChI=1S/C13H15F3O3/c14-13(15,16)19-10-6-2-5-9-18-12(17)11-7-3-1-4-8-11/h1,3-4,7-8H,2,5-6,9-10H2. The third-order valence-electron chi connectivity index (χ3n) is 2.30. The summed E-state index contributed by atoms with van der Waals surface area (Å²) >= 11 is 0. The van der Waals surface area contributed by atoms with Gasteiger partial charge in [0.05, 0.1) is 18.8 Å². The predicted molar refractivity (Wildman–Crippen MR) is 62.6 cm³/mol. The molecule has 0 bridgehead atoms. The Morgan fingerprint density at radius 1 is 1.00 bits per heavy atom. The molecule has 0 radical (unpaired) electrons. The van der Waals surface area contributed by atoms with Crippen molar-refractivity contribution in [2.24, 2.45) is 0 Å². The lowest BCUT2D eigenvalue weighted by Gasteiger charge is -2.07. The summed E-state index contributed by atoms with van der Waals surface area (Å²) in [7, 11) is 0. The molecule has 6 heteroatoms. The first kappa shape index (κ1) is 15.5. The third kappa shape index (κ3) is 7.46. The van der Waals surface area contributed by atoms with Crippen LogP contribution in [0.15, 0.2) is 30.3 Å². The summed E-state index contributed by atoms with van der Waals surface area (Å²) in [6.45, 7) is -0.171. The largest absolute Gasteiger partial charge is 0.522 e. The van der Waals surface area contributed by atoms with E-state index in [9.17, 15) is 18.0 Å². The normalized spacial score (nSPS) is 11.3. The number of alkyl halides is 3. The van der Waals surface area contributed by atoms with Crippen molar-refractivity contribution in [2.75, 3.05) is 13.2 Å². The van der Waals surface area contributed by atoms with E-state index in [1.807, 2.05) is 0 Å². The van der Waals surface area contributed by atoms with Crippen molar-refractivity contribution in [1.29, 1.82) is 0 Å². The molecule has 0 aliphatic carbocycles. The minimum absolute atomic E-state index is 0.194. The Labute approximate surface area is 109 Å². The summed E-state index contributed by atoms with van der Waals surface area (Å²) in [6.07, 6.45) is -3.26. The van der Waals surface area contributed by atoms with E-state index >= 15 is 0 Å². The minimum Gasteiger partial charge on any atom is -0.462 e. The van der Waals surface area contributed by atoms with Crippen LogP contribution in [0.4, 0.5) is 13.2 Å². The molecular formula is C13H15F3O3. The van der Waals surface area contributed by atoms with Crippen molar-refractivity contribution in [2.45, 2.75) is 25.6 Å². The summed E-state index contributed by atoms with van der Waals surface area (Å²) in [4.78, 5) is 11.5. The molecule has 0 atom stereocenters. The number of hydrogen-bond acceptors (Lipinski definition) is 3. The molecule has 0 saturated heterocycles. The smallest absolute Gasteiger partial charge is 0.462 e. The lowest BCUT2D eigenvalue weighted by atomic mass is 10.2. The predicted octanol–water partition coefficient (Wildman–Crippen LogP) is 3.55. The Kier molecular flexibility index (Phi) is 6.35. The van der Waals surface area contributed by atoms with Crippen LogP contribution >= 0.6 is 0 Å². The van der Waals surface area contributed by atoms with Crippen LogP contribution in [0.5, 0.6) is 0 Å². The maximum absolute atomic E-state index is 11.6. The Bertz CT molecular complexity index is 376. The number of esters is 1. The van der Waals surface area contributed by atoms with Crippen molar-refractivity contribution in [3.63, 3.8) is 0 Å². The van der Waals surface area contributed by atoms with Crippen LogP contribution in [0.3, 0.4) is 0 Å². The lowest BCUT2D eigenvalue weighted by molar-refractivity contribution is -0.324. The van der Waals surface area contributed by atoms with Gasteiger partial charge in [-0.05, 0) is 31.4 Å². The Balaban J connectivity index is 2.04. The van der Waals surface area contributed by atoms with Gasteiger partial charge in [-0.2, -0.15) is 0 Å². The van der Waals surface area contributed by atoms with E-state index < -0.39 is 12.3 Å². The molecule has 0 spiro atoms. The van der Waals surface area contributed by atoms with E-state index in [1.165, 1.54) is 0 Å². The average Bonchev–Trinajstić information content (AvgIpc) is 2.37. The van der Waals surface area contributed by atoms with Crippen molar-refractivity contribution >= 4 is 5.97 Å². The first-order valence-electron chi connectivity index (χ1n) is 5.92. The molecule has 1 aromatic carbocycles. The highest BCUT2D eigenvalue weighted by atomic mass is 19.4. The molecule has 0 saturated carbocycles. The second-order valence-corrected chi connectivity index (χ2v) is 3.86. The third-order valence-corrected chi connectivity index (χ3v) is 2.30. The topological polar surface area (TPSA) is 35.5 Å². The molecule has 19 heavy (non-hydrogen) atoms. The fourth-order valence-electron chi connectivity index (χ4n) is 1.39. The second kappa shape index (κ2) is 7.78. The van der Waals surface area contributed by atoms with Gasteiger partial charge in [-0.1, -0.05) is 18.2 Å². The number of unbranched alkanes of at least 4 members (excludes halogenated alkanes) is 2. The molecule has 0 aliphatic rings. The summed E-state index contributed by atoms with van der Waals surface area (Å²) in [5.41, 5.74) is 0.461. The maximum atomic E-state index is 11.6. The van der Waals surface area contributed by atoms with Crippen LogP contribution in [0.2, 0.25) is 0 Å². The Hall–Kier alpha value is -1.56. The molecule has 0 fully saturated rings. The summed E-state index contributed by atoms with van der Waals surface area (Å²) in [5.74, 6) is -0.424. The number of ether oxygens (including phenoxy) is 2. The number of carbonyl (C=O) groups is 1. The molecular weight excluding hydrogens is 261 g/mol. The monoisotopic (exact) mass is 276 g/mol. The first-order valence-corrected chi connectivity index (χ1v) is 5.92. The van der Waals surface area contributed by atoms with Crippen LogP contribution in [0.1, 0.15) is 29.6 Å². The molecule has 106 valence electrons. The Morgan fingerprint density at radius 2 is 1.63 bits per heavy atom. The van der Waals surface area contributed by atoms with Gasteiger partial charge in [0.1, 0.15) is 0 Å². The summed E-state index contributed by atoms with van der Waals surface area (Å²) in [6, 6.07) is 8.52. The van der Waals surface area contributed by atoms with Gasteiger partial charge in [-0.3, -0.25) is 4.74 Å². The fraction of sp³-hybridized carbons (Fsp3) is 0.462. The van der Waals surface area contributed by atoms with Gasteiger partial charge in [0.15, 0.2) is 0 Å². The van der Waals surface area contributed by atoms with E-state index in [2.05, 4.69) is 4.74 Å². The van der Waals surface area contributed by atoms with Gasteiger partial charge in [0.2, 0.25) is 0 Å². The van der Waals surface area contributed by atoms with Gasteiger partial charge in [0, 0.05) is 0 Å². The number of benzene rings is 1. The molecule has 1 rings (SSSR count). The highest BCUT2D eigenvalue weighted by Crippen LogP contribution is 2.16. The molecule has 0 aromatic heterocycles. The van der Waals surface area contributed by atoms with Crippen LogP contribution < -0.4 is 0 Å². The van der Waals surface area contributed by atoms with Crippen molar-refractivity contribution in [3.8, 4) is 0 Å². The number of hydrogen-bond donors (Lipinski definition) is 0. The zero-order chi connectivity index (χ0) is 14.1. The van der Waals surface area contributed by atoms with E-state index in [4.69, 9.17) is 4.74 Å². The zero-order valence-corrected chi connectivity index (χ0v) is 10.3. The number of carbonyl (C=O) groups excluding carboxylic acids is 1. The Morgan fingerprint density at radius 3 is 2.26 bits per heavy atom. The highest BCUT2D eigenvalue weighted by molar-refractivity contribution is 5.89. The van der Waals surface area contributed by atoms with Gasteiger partial charge in [-0.15, -0.1) is 13.2 Å². The first-order chi connectivity index (χ1) is 8.99. The SMILES string of the molecule is O=C(OCCCCCOC(F)(F)F)c1ccccc1. The molecule has 3 nitrogen and oxygen atoms in total. The van der Waals surface area contributed by atoms with Gasteiger partial charge in [-0.25, -0.2) is 4.79 Å². The molecule has 0 amide bonds. The maximum Gasteiger partial charge on any atom is 0.522 e. The lowest BCUT2D eigenvalue weighted by Crippen LogP contribution is -2.14. The summed E-state index contributed by atoms with van der Waals surface area (Å²) in [5, 5.41) is 0. The van der Waals surface area contributed by atoms with Crippen LogP contribution in [0, 0.1) is 0 Å². The zero-order valence-electron chi connectivity index (χ0n) is 10.3. The number of rotatable bonds is 7. The van der Waals surface area contributed by atoms with Crippen molar-refractivity contribution in [1.82, 2.24) is 0 Å². The molecule has 1 aromatic rings. The minimum atomic E-state index is -4.57. The van der Waals surface area contributed by atoms with Gasteiger partial charge >= 0.3 is 12.3 Å². The number of halogens is 3. The van der Waals surface area contributed by atoms with Gasteiger partial charge in [0.25, 0.3) is 0 Å². The highest BCUT2D eigenvalue weighted by Gasteiger charge is 2.28. The molecule has 0 heterocycles. The fourth-order valence-corrected chi connectivity index (χ4v) is 1.39. The van der Waals surface area contributed by atoms with Crippen molar-refractivity contribution in [3.05, 3.63) is 35.9 Å². The van der Waals surface area contributed by atoms with E-state index in [0.29, 0.717) is 18.4 Å². The quantitative estimate of drug-likeness (QED) is 0.564. The average molecular weight is 276 g/mol. The molecule has 0 aliphatic heterocycles. The molecule has 0 N–H and O–H groups in total.